The first-order valence-electron chi connectivity index (χ1n) is 6.70. The van der Waals surface area contributed by atoms with Gasteiger partial charge in [0.2, 0.25) is 0 Å². The van der Waals surface area contributed by atoms with Crippen LogP contribution in [0.3, 0.4) is 0 Å². The third-order valence-corrected chi connectivity index (χ3v) is 5.11. The average Bonchev–Trinajstić information content (AvgIpc) is 2.59. The van der Waals surface area contributed by atoms with Gasteiger partial charge >= 0.3 is 0 Å². The Bertz CT molecular complexity index is 507. The highest BCUT2D eigenvalue weighted by atomic mass is 35.5. The smallest absolute Gasteiger partial charge is 0.274 e. The van der Waals surface area contributed by atoms with Gasteiger partial charge in [0.1, 0.15) is 11.5 Å². The number of hydrogen-bond donors (Lipinski definition) is 1. The molecule has 1 aromatic rings. The molecule has 0 saturated carbocycles. The molecule has 0 aromatic carbocycles. The number of rotatable bonds is 2. The zero-order valence-corrected chi connectivity index (χ0v) is 13.6. The SMILES string of the molecule is CNc1ccc(Cl)c(C(=O)N2CCSC(C)(C)CC2)n1. The zero-order chi connectivity index (χ0) is 14.8. The minimum atomic E-state index is -0.0783. The van der Waals surface area contributed by atoms with Gasteiger partial charge in [-0.05, 0) is 18.6 Å². The molecule has 1 aliphatic heterocycles. The van der Waals surface area contributed by atoms with Crippen LogP contribution in [0.2, 0.25) is 5.02 Å². The molecule has 20 heavy (non-hydrogen) atoms. The second-order valence-corrected chi connectivity index (χ2v) is 7.64. The minimum absolute atomic E-state index is 0.0783. The van der Waals surface area contributed by atoms with Gasteiger partial charge in [-0.25, -0.2) is 4.98 Å². The van der Waals surface area contributed by atoms with Gasteiger partial charge < -0.3 is 10.2 Å². The number of nitrogens with one attached hydrogen (secondary N) is 1. The molecular formula is C14H20ClN3OS. The molecule has 1 N–H and O–H groups in total. The van der Waals surface area contributed by atoms with Crippen LogP contribution in [0.1, 0.15) is 30.8 Å². The number of thioether (sulfide) groups is 1. The molecule has 1 amide bonds. The first-order valence-corrected chi connectivity index (χ1v) is 8.07. The van der Waals surface area contributed by atoms with Crippen LogP contribution in [0.25, 0.3) is 0 Å². The molecule has 1 aliphatic rings. The Morgan fingerprint density at radius 2 is 2.20 bits per heavy atom. The second kappa shape index (κ2) is 6.22. The monoisotopic (exact) mass is 313 g/mol. The van der Waals surface area contributed by atoms with E-state index in [2.05, 4.69) is 24.1 Å². The van der Waals surface area contributed by atoms with Crippen LogP contribution >= 0.6 is 23.4 Å². The van der Waals surface area contributed by atoms with Crippen LogP contribution in [0.5, 0.6) is 0 Å². The molecule has 110 valence electrons. The molecular weight excluding hydrogens is 294 g/mol. The first-order chi connectivity index (χ1) is 9.43. The lowest BCUT2D eigenvalue weighted by Crippen LogP contribution is -2.34. The van der Waals surface area contributed by atoms with Crippen molar-refractivity contribution in [3.05, 3.63) is 22.8 Å². The van der Waals surface area contributed by atoms with Crippen molar-refractivity contribution in [1.29, 1.82) is 0 Å². The third-order valence-electron chi connectivity index (χ3n) is 3.43. The van der Waals surface area contributed by atoms with Gasteiger partial charge in [-0.1, -0.05) is 25.4 Å². The van der Waals surface area contributed by atoms with Crippen LogP contribution in [0.15, 0.2) is 12.1 Å². The molecule has 0 atom stereocenters. The Morgan fingerprint density at radius 3 is 2.90 bits per heavy atom. The number of nitrogens with zero attached hydrogens (tertiary/aromatic N) is 2. The van der Waals surface area contributed by atoms with Gasteiger partial charge in [-0.3, -0.25) is 4.79 Å². The highest BCUT2D eigenvalue weighted by Crippen LogP contribution is 2.31. The lowest BCUT2D eigenvalue weighted by molar-refractivity contribution is 0.0759. The maximum absolute atomic E-state index is 12.6. The Labute approximate surface area is 129 Å². The van der Waals surface area contributed by atoms with Crippen LogP contribution in [0.4, 0.5) is 5.82 Å². The molecule has 0 bridgehead atoms. The third kappa shape index (κ3) is 3.58. The summed E-state index contributed by atoms with van der Waals surface area (Å²) < 4.78 is 0.221. The predicted octanol–water partition coefficient (Wildman–Crippen LogP) is 3.13. The van der Waals surface area contributed by atoms with Crippen molar-refractivity contribution in [1.82, 2.24) is 9.88 Å². The van der Waals surface area contributed by atoms with Crippen LogP contribution in [-0.4, -0.2) is 46.4 Å². The lowest BCUT2D eigenvalue weighted by atomic mass is 10.1. The molecule has 0 radical (unpaired) electrons. The van der Waals surface area contributed by atoms with E-state index < -0.39 is 0 Å². The fourth-order valence-electron chi connectivity index (χ4n) is 2.10. The van der Waals surface area contributed by atoms with Crippen molar-refractivity contribution in [2.75, 3.05) is 31.2 Å². The molecule has 1 saturated heterocycles. The molecule has 0 spiro atoms. The van der Waals surface area contributed by atoms with Crippen LogP contribution < -0.4 is 5.32 Å². The van der Waals surface area contributed by atoms with E-state index in [4.69, 9.17) is 11.6 Å². The van der Waals surface area contributed by atoms with E-state index in [1.165, 1.54) is 0 Å². The number of anilines is 1. The molecule has 2 heterocycles. The van der Waals surface area contributed by atoms with E-state index in [0.29, 0.717) is 16.5 Å². The minimum Gasteiger partial charge on any atom is -0.373 e. The summed E-state index contributed by atoms with van der Waals surface area (Å²) in [7, 11) is 1.77. The fourth-order valence-corrected chi connectivity index (χ4v) is 3.39. The van der Waals surface area contributed by atoms with E-state index >= 15 is 0 Å². The Balaban J connectivity index is 2.18. The maximum Gasteiger partial charge on any atom is 0.274 e. The standard InChI is InChI=1S/C14H20ClN3OS/c1-14(2)6-7-18(8-9-20-14)13(19)12-10(15)4-5-11(16-3)17-12/h4-5H,6-9H2,1-3H3,(H,16,17). The van der Waals surface area contributed by atoms with E-state index in [1.54, 1.807) is 19.2 Å². The van der Waals surface area contributed by atoms with E-state index in [0.717, 1.165) is 25.3 Å². The molecule has 2 rings (SSSR count). The molecule has 6 heteroatoms. The molecule has 4 nitrogen and oxygen atoms in total. The summed E-state index contributed by atoms with van der Waals surface area (Å²) >= 11 is 8.03. The van der Waals surface area contributed by atoms with Crippen LogP contribution in [0, 0.1) is 0 Å². The predicted molar refractivity (Wildman–Crippen MR) is 85.9 cm³/mol. The van der Waals surface area contributed by atoms with Crippen molar-refractivity contribution < 1.29 is 4.79 Å². The normalized spacial score (nSPS) is 18.5. The van der Waals surface area contributed by atoms with Gasteiger partial charge in [-0.2, -0.15) is 11.8 Å². The van der Waals surface area contributed by atoms with Crippen molar-refractivity contribution in [2.24, 2.45) is 0 Å². The summed E-state index contributed by atoms with van der Waals surface area (Å²) in [4.78, 5) is 18.7. The largest absolute Gasteiger partial charge is 0.373 e. The van der Waals surface area contributed by atoms with Gasteiger partial charge in [0, 0.05) is 30.6 Å². The van der Waals surface area contributed by atoms with E-state index in [9.17, 15) is 4.79 Å². The van der Waals surface area contributed by atoms with Gasteiger partial charge in [0.05, 0.1) is 5.02 Å². The van der Waals surface area contributed by atoms with Crippen molar-refractivity contribution in [2.45, 2.75) is 25.0 Å². The molecule has 1 fully saturated rings. The number of carbonyl (C=O) groups is 1. The Hall–Kier alpha value is -0.940. The topological polar surface area (TPSA) is 45.2 Å². The fraction of sp³-hybridized carbons (Fsp3) is 0.571. The molecule has 0 aliphatic carbocycles. The Morgan fingerprint density at radius 1 is 1.45 bits per heavy atom. The summed E-state index contributed by atoms with van der Waals surface area (Å²) in [6.45, 7) is 5.94. The summed E-state index contributed by atoms with van der Waals surface area (Å²) in [6, 6.07) is 3.48. The number of carbonyl (C=O) groups excluding carboxylic acids is 1. The van der Waals surface area contributed by atoms with E-state index in [-0.39, 0.29) is 10.7 Å². The summed E-state index contributed by atoms with van der Waals surface area (Å²) in [5.74, 6) is 1.52. The number of hydrogen-bond acceptors (Lipinski definition) is 4. The summed E-state index contributed by atoms with van der Waals surface area (Å²) in [6.07, 6.45) is 0.979. The number of halogens is 1. The molecule has 0 unspecified atom stereocenters. The Kier molecular flexibility index (Phi) is 4.81. The van der Waals surface area contributed by atoms with Gasteiger partial charge in [-0.15, -0.1) is 0 Å². The lowest BCUT2D eigenvalue weighted by Gasteiger charge is -2.22. The highest BCUT2D eigenvalue weighted by molar-refractivity contribution is 8.00. The average molecular weight is 314 g/mol. The zero-order valence-electron chi connectivity index (χ0n) is 12.1. The first kappa shape index (κ1) is 15.4. The van der Waals surface area contributed by atoms with E-state index in [1.807, 2.05) is 16.7 Å². The van der Waals surface area contributed by atoms with Crippen molar-refractivity contribution in [3.8, 4) is 0 Å². The van der Waals surface area contributed by atoms with Crippen molar-refractivity contribution >= 4 is 35.1 Å². The quantitative estimate of drug-likeness (QED) is 0.911. The number of amides is 1. The van der Waals surface area contributed by atoms with Crippen LogP contribution in [-0.2, 0) is 0 Å². The summed E-state index contributed by atoms with van der Waals surface area (Å²) in [5.41, 5.74) is 0.336. The number of aromatic nitrogens is 1. The highest BCUT2D eigenvalue weighted by Gasteiger charge is 2.27. The van der Waals surface area contributed by atoms with Gasteiger partial charge in [0.15, 0.2) is 0 Å². The maximum atomic E-state index is 12.6. The van der Waals surface area contributed by atoms with Crippen molar-refractivity contribution in [3.63, 3.8) is 0 Å². The summed E-state index contributed by atoms with van der Waals surface area (Å²) in [5, 5.41) is 3.34. The van der Waals surface area contributed by atoms with Gasteiger partial charge in [0.25, 0.3) is 5.91 Å². The molecule has 1 aromatic heterocycles. The number of pyridine rings is 1. The second-order valence-electron chi connectivity index (χ2n) is 5.43.